The van der Waals surface area contributed by atoms with Crippen molar-refractivity contribution < 1.29 is 22.4 Å². The Balaban J connectivity index is 1.80. The predicted octanol–water partition coefficient (Wildman–Crippen LogP) is 5.74. The molecule has 0 aromatic heterocycles. The van der Waals surface area contributed by atoms with Crippen molar-refractivity contribution in [3.05, 3.63) is 132 Å². The highest BCUT2D eigenvalue weighted by atomic mass is 32.2. The van der Waals surface area contributed by atoms with Gasteiger partial charge in [0.05, 0.1) is 10.6 Å². The van der Waals surface area contributed by atoms with Crippen LogP contribution in [0.1, 0.15) is 30.5 Å². The fraction of sp³-hybridized carbons (Fsp3) is 0.257. The molecule has 0 aliphatic carbocycles. The maximum absolute atomic E-state index is 15.0. The van der Waals surface area contributed by atoms with Crippen molar-refractivity contribution >= 4 is 27.5 Å². The lowest BCUT2D eigenvalue weighted by Gasteiger charge is -2.34. The Morgan fingerprint density at radius 2 is 1.48 bits per heavy atom. The molecule has 0 saturated carbocycles. The van der Waals surface area contributed by atoms with Crippen LogP contribution in [0.25, 0.3) is 0 Å². The fourth-order valence-corrected chi connectivity index (χ4v) is 6.25. The minimum Gasteiger partial charge on any atom is -0.354 e. The van der Waals surface area contributed by atoms with Gasteiger partial charge in [0.2, 0.25) is 11.8 Å². The van der Waals surface area contributed by atoms with Crippen molar-refractivity contribution in [1.29, 1.82) is 0 Å². The molecule has 1 unspecified atom stereocenters. The van der Waals surface area contributed by atoms with Gasteiger partial charge in [-0.15, -0.1) is 0 Å². The summed E-state index contributed by atoms with van der Waals surface area (Å²) in [5.74, 6) is -1.42. The van der Waals surface area contributed by atoms with Gasteiger partial charge in [-0.2, -0.15) is 0 Å². The molecule has 0 bridgehead atoms. The summed E-state index contributed by atoms with van der Waals surface area (Å²) in [6, 6.07) is 29.0. The molecule has 0 spiro atoms. The van der Waals surface area contributed by atoms with Crippen molar-refractivity contribution in [2.45, 2.75) is 44.7 Å². The van der Waals surface area contributed by atoms with Gasteiger partial charge in [0.25, 0.3) is 10.0 Å². The summed E-state index contributed by atoms with van der Waals surface area (Å²) in [5, 5.41) is 2.93. The molecule has 0 heterocycles. The Labute approximate surface area is 259 Å². The molecule has 44 heavy (non-hydrogen) atoms. The highest BCUT2D eigenvalue weighted by molar-refractivity contribution is 7.92. The third-order valence-electron chi connectivity index (χ3n) is 7.15. The van der Waals surface area contributed by atoms with Crippen LogP contribution in [0.3, 0.4) is 0 Å². The second-order valence-electron chi connectivity index (χ2n) is 11.1. The molecular formula is C35H38FN3O4S. The van der Waals surface area contributed by atoms with Crippen molar-refractivity contribution in [3.63, 3.8) is 0 Å². The third-order valence-corrected chi connectivity index (χ3v) is 8.94. The van der Waals surface area contributed by atoms with E-state index in [1.54, 1.807) is 54.6 Å². The van der Waals surface area contributed by atoms with Crippen molar-refractivity contribution in [2.24, 2.45) is 5.92 Å². The number of hydrogen-bond acceptors (Lipinski definition) is 4. The van der Waals surface area contributed by atoms with Gasteiger partial charge in [0.15, 0.2) is 0 Å². The number of carbonyl (C=O) groups excluding carboxylic acids is 2. The molecule has 0 fully saturated rings. The predicted molar refractivity (Wildman–Crippen MR) is 171 cm³/mol. The Morgan fingerprint density at radius 3 is 2.11 bits per heavy atom. The first-order chi connectivity index (χ1) is 21.1. The van der Waals surface area contributed by atoms with E-state index in [4.69, 9.17) is 0 Å². The highest BCUT2D eigenvalue weighted by Crippen LogP contribution is 2.26. The minimum atomic E-state index is -4.20. The zero-order valence-corrected chi connectivity index (χ0v) is 26.0. The van der Waals surface area contributed by atoms with Gasteiger partial charge in [0.1, 0.15) is 18.4 Å². The van der Waals surface area contributed by atoms with Crippen molar-refractivity contribution in [1.82, 2.24) is 10.2 Å². The second kappa shape index (κ2) is 14.8. The molecule has 0 aliphatic rings. The number of nitrogens with zero attached hydrogens (tertiary/aromatic N) is 2. The van der Waals surface area contributed by atoms with Crippen LogP contribution in [0.2, 0.25) is 0 Å². The largest absolute Gasteiger partial charge is 0.354 e. The normalized spacial score (nSPS) is 12.0. The summed E-state index contributed by atoms with van der Waals surface area (Å²) in [4.78, 5) is 29.5. The van der Waals surface area contributed by atoms with Gasteiger partial charge in [-0.25, -0.2) is 12.8 Å². The van der Waals surface area contributed by atoms with E-state index in [-0.39, 0.29) is 29.3 Å². The minimum absolute atomic E-state index is 0.0190. The van der Waals surface area contributed by atoms with Crippen LogP contribution < -0.4 is 9.62 Å². The van der Waals surface area contributed by atoms with Crippen LogP contribution >= 0.6 is 0 Å². The highest BCUT2D eigenvalue weighted by Gasteiger charge is 2.35. The summed E-state index contributed by atoms with van der Waals surface area (Å²) in [6.07, 6.45) is 0.154. The van der Waals surface area contributed by atoms with E-state index in [0.717, 1.165) is 15.4 Å². The maximum atomic E-state index is 15.0. The van der Waals surface area contributed by atoms with E-state index < -0.39 is 40.2 Å². The van der Waals surface area contributed by atoms with Crippen LogP contribution in [-0.4, -0.2) is 44.3 Å². The third kappa shape index (κ3) is 8.32. The lowest BCUT2D eigenvalue weighted by Crippen LogP contribution is -2.53. The zero-order chi connectivity index (χ0) is 31.7. The molecule has 2 amide bonds. The standard InChI is InChI=1S/C35H38FN3O4S/c1-26(2)23-37-35(41)33(22-28-14-6-4-7-15-28)38(24-29-16-10-11-20-32(29)36)34(40)25-39(30-17-12-13-27(3)21-30)44(42,43)31-18-8-5-9-19-31/h4-21,26,33H,22-25H2,1-3H3,(H,37,41). The average molecular weight is 616 g/mol. The van der Waals surface area contributed by atoms with Crippen molar-refractivity contribution in [2.75, 3.05) is 17.4 Å². The SMILES string of the molecule is Cc1cccc(N(CC(=O)N(Cc2ccccc2F)C(Cc2ccccc2)C(=O)NCC(C)C)S(=O)(=O)c2ccccc2)c1. The molecule has 0 saturated heterocycles. The molecule has 0 aliphatic heterocycles. The topological polar surface area (TPSA) is 86.8 Å². The van der Waals surface area contributed by atoms with Gasteiger partial charge in [0, 0.05) is 25.1 Å². The number of nitrogens with one attached hydrogen (secondary N) is 1. The van der Waals surface area contributed by atoms with Crippen LogP contribution in [0.4, 0.5) is 10.1 Å². The van der Waals surface area contributed by atoms with Crippen LogP contribution in [-0.2, 0) is 32.6 Å². The molecule has 4 aromatic rings. The Morgan fingerprint density at radius 1 is 0.841 bits per heavy atom. The number of anilines is 1. The van der Waals surface area contributed by atoms with Gasteiger partial charge in [-0.05, 0) is 54.3 Å². The summed E-state index contributed by atoms with van der Waals surface area (Å²) in [6.45, 7) is 5.30. The second-order valence-corrected chi connectivity index (χ2v) is 13.0. The number of rotatable bonds is 13. The van der Waals surface area contributed by atoms with E-state index in [9.17, 15) is 22.4 Å². The van der Waals surface area contributed by atoms with Gasteiger partial charge >= 0.3 is 0 Å². The smallest absolute Gasteiger partial charge is 0.264 e. The molecule has 7 nitrogen and oxygen atoms in total. The van der Waals surface area contributed by atoms with E-state index in [1.807, 2.05) is 57.2 Å². The molecule has 1 atom stereocenters. The number of halogens is 1. The van der Waals surface area contributed by atoms with Gasteiger partial charge in [-0.1, -0.05) is 92.7 Å². The molecule has 4 rings (SSSR count). The summed E-state index contributed by atoms with van der Waals surface area (Å²) >= 11 is 0. The van der Waals surface area contributed by atoms with Crippen LogP contribution in [0.5, 0.6) is 0 Å². The molecule has 1 N–H and O–H groups in total. The zero-order valence-electron chi connectivity index (χ0n) is 25.2. The summed E-state index contributed by atoms with van der Waals surface area (Å²) in [7, 11) is -4.20. The number of aryl methyl sites for hydroxylation is 1. The monoisotopic (exact) mass is 615 g/mol. The molecule has 4 aromatic carbocycles. The Kier molecular flexibility index (Phi) is 10.9. The summed E-state index contributed by atoms with van der Waals surface area (Å²) in [5.41, 5.74) is 2.12. The van der Waals surface area contributed by atoms with E-state index in [1.165, 1.54) is 23.1 Å². The first-order valence-corrected chi connectivity index (χ1v) is 16.0. The van der Waals surface area contributed by atoms with E-state index >= 15 is 0 Å². The van der Waals surface area contributed by atoms with Crippen LogP contribution in [0.15, 0.2) is 114 Å². The number of amides is 2. The number of sulfonamides is 1. The molecule has 9 heteroatoms. The number of benzene rings is 4. The number of hydrogen-bond donors (Lipinski definition) is 1. The first-order valence-electron chi connectivity index (χ1n) is 14.5. The lowest BCUT2D eigenvalue weighted by molar-refractivity contribution is -0.140. The Hall–Kier alpha value is -4.50. The molecular weight excluding hydrogens is 577 g/mol. The van der Waals surface area contributed by atoms with Gasteiger partial charge < -0.3 is 10.2 Å². The first kappa shape index (κ1) is 32.4. The number of carbonyl (C=O) groups is 2. The Bertz CT molecular complexity index is 1660. The molecule has 0 radical (unpaired) electrons. The van der Waals surface area contributed by atoms with Crippen molar-refractivity contribution in [3.8, 4) is 0 Å². The van der Waals surface area contributed by atoms with E-state index in [2.05, 4.69) is 5.32 Å². The lowest BCUT2D eigenvalue weighted by atomic mass is 10.0. The maximum Gasteiger partial charge on any atom is 0.264 e. The molecule has 230 valence electrons. The fourth-order valence-electron chi connectivity index (χ4n) is 4.82. The summed E-state index contributed by atoms with van der Waals surface area (Å²) < 4.78 is 44.1. The van der Waals surface area contributed by atoms with Gasteiger partial charge in [-0.3, -0.25) is 13.9 Å². The quantitative estimate of drug-likeness (QED) is 0.208. The van der Waals surface area contributed by atoms with Crippen LogP contribution in [0, 0.1) is 18.7 Å². The average Bonchev–Trinajstić information content (AvgIpc) is 3.02. The van der Waals surface area contributed by atoms with E-state index in [0.29, 0.717) is 12.2 Å².